The highest BCUT2D eigenvalue weighted by Gasteiger charge is 2.48. The second kappa shape index (κ2) is 7.42. The van der Waals surface area contributed by atoms with Crippen molar-refractivity contribution in [1.82, 2.24) is 9.80 Å². The molecule has 2 saturated heterocycles. The number of hydrogen-bond donors (Lipinski definition) is 0. The highest BCUT2D eigenvalue weighted by Crippen LogP contribution is 2.30. The minimum atomic E-state index is -0.845. The lowest BCUT2D eigenvalue weighted by molar-refractivity contribution is -0.175. The molecule has 0 bridgehead atoms. The smallest absolute Gasteiger partial charge is 0.256 e. The molecule has 0 radical (unpaired) electrons. The van der Waals surface area contributed by atoms with Gasteiger partial charge in [0.15, 0.2) is 5.60 Å². The number of methoxy groups -OCH3 is 1. The van der Waals surface area contributed by atoms with Crippen molar-refractivity contribution in [2.45, 2.75) is 51.2 Å². The fourth-order valence-electron chi connectivity index (χ4n) is 3.28. The van der Waals surface area contributed by atoms with E-state index < -0.39 is 5.60 Å². The number of carbonyl (C=O) groups is 2. The van der Waals surface area contributed by atoms with Crippen molar-refractivity contribution in [3.05, 3.63) is 0 Å². The van der Waals surface area contributed by atoms with Crippen LogP contribution >= 0.6 is 0 Å². The fraction of sp³-hybridized carbons (Fsp3) is 0.875. The highest BCUT2D eigenvalue weighted by atomic mass is 16.5. The molecule has 2 aliphatic heterocycles. The van der Waals surface area contributed by atoms with Crippen molar-refractivity contribution in [1.29, 1.82) is 0 Å². The van der Waals surface area contributed by atoms with Crippen LogP contribution in [0.25, 0.3) is 0 Å². The van der Waals surface area contributed by atoms with E-state index in [1.54, 1.807) is 12.0 Å². The van der Waals surface area contributed by atoms with Crippen LogP contribution < -0.4 is 0 Å². The average molecular weight is 312 g/mol. The first kappa shape index (κ1) is 17.2. The zero-order chi connectivity index (χ0) is 16.2. The molecule has 2 fully saturated rings. The van der Waals surface area contributed by atoms with Crippen LogP contribution in [0.15, 0.2) is 0 Å². The zero-order valence-electron chi connectivity index (χ0n) is 14.0. The number of likely N-dealkylation sites (tertiary alicyclic amines) is 1. The maximum absolute atomic E-state index is 13.0. The third-order valence-electron chi connectivity index (χ3n) is 4.56. The Labute approximate surface area is 132 Å². The summed E-state index contributed by atoms with van der Waals surface area (Å²) in [6.45, 7) is 6.60. The number of morpholine rings is 1. The number of amides is 2. The number of ether oxygens (including phenoxy) is 2. The van der Waals surface area contributed by atoms with Crippen LogP contribution in [0.5, 0.6) is 0 Å². The summed E-state index contributed by atoms with van der Waals surface area (Å²) < 4.78 is 10.9. The van der Waals surface area contributed by atoms with E-state index in [0.29, 0.717) is 39.1 Å². The standard InChI is InChI=1S/C16H28N2O4/c1-13(2)18-8-5-4-7-16(15(18)20)12-17(9-11-22-16)14(19)6-10-21-3/h13H,4-12H2,1-3H3. The number of hydrogen-bond acceptors (Lipinski definition) is 4. The SMILES string of the molecule is COCCC(=O)N1CCOC2(CCCCN(C(C)C)C2=O)C1. The molecule has 0 aromatic carbocycles. The molecule has 2 aliphatic rings. The van der Waals surface area contributed by atoms with Crippen molar-refractivity contribution in [2.75, 3.05) is 40.0 Å². The number of rotatable bonds is 4. The van der Waals surface area contributed by atoms with Gasteiger partial charge < -0.3 is 19.3 Å². The van der Waals surface area contributed by atoms with Crippen molar-refractivity contribution in [2.24, 2.45) is 0 Å². The molecule has 0 N–H and O–H groups in total. The molecule has 0 aliphatic carbocycles. The number of carbonyl (C=O) groups excluding carboxylic acids is 2. The van der Waals surface area contributed by atoms with Crippen LogP contribution in [0, 0.1) is 0 Å². The minimum Gasteiger partial charge on any atom is -0.384 e. The molecule has 126 valence electrons. The van der Waals surface area contributed by atoms with Crippen molar-refractivity contribution in [3.8, 4) is 0 Å². The maximum atomic E-state index is 13.0. The Kier molecular flexibility index (Phi) is 5.81. The van der Waals surface area contributed by atoms with Gasteiger partial charge in [-0.1, -0.05) is 0 Å². The number of nitrogens with zero attached hydrogens (tertiary/aromatic N) is 2. The van der Waals surface area contributed by atoms with Crippen LogP contribution in [0.2, 0.25) is 0 Å². The molecule has 0 aromatic rings. The van der Waals surface area contributed by atoms with Crippen LogP contribution in [0.4, 0.5) is 0 Å². The van der Waals surface area contributed by atoms with E-state index in [1.807, 2.05) is 18.7 Å². The molecule has 6 nitrogen and oxygen atoms in total. The van der Waals surface area contributed by atoms with Crippen LogP contribution in [0.3, 0.4) is 0 Å². The summed E-state index contributed by atoms with van der Waals surface area (Å²) in [7, 11) is 1.59. The molecular weight excluding hydrogens is 284 g/mol. The Morgan fingerprint density at radius 2 is 2.14 bits per heavy atom. The molecule has 2 heterocycles. The Bertz CT molecular complexity index is 413. The van der Waals surface area contributed by atoms with E-state index in [1.165, 1.54) is 0 Å². The van der Waals surface area contributed by atoms with Crippen LogP contribution in [0.1, 0.15) is 39.5 Å². The van der Waals surface area contributed by atoms with Gasteiger partial charge in [-0.2, -0.15) is 0 Å². The van der Waals surface area contributed by atoms with E-state index in [4.69, 9.17) is 9.47 Å². The van der Waals surface area contributed by atoms with Gasteiger partial charge in [-0.05, 0) is 33.1 Å². The highest BCUT2D eigenvalue weighted by molar-refractivity contribution is 5.87. The predicted molar refractivity (Wildman–Crippen MR) is 82.5 cm³/mol. The monoisotopic (exact) mass is 312 g/mol. The summed E-state index contributed by atoms with van der Waals surface area (Å²) in [6.07, 6.45) is 3.00. The summed E-state index contributed by atoms with van der Waals surface area (Å²) in [5, 5.41) is 0. The summed E-state index contributed by atoms with van der Waals surface area (Å²) in [4.78, 5) is 28.9. The minimum absolute atomic E-state index is 0.0395. The van der Waals surface area contributed by atoms with Gasteiger partial charge in [0, 0.05) is 26.2 Å². The van der Waals surface area contributed by atoms with Gasteiger partial charge in [-0.3, -0.25) is 9.59 Å². The Balaban J connectivity index is 2.13. The first-order valence-corrected chi connectivity index (χ1v) is 8.22. The quantitative estimate of drug-likeness (QED) is 0.778. The zero-order valence-corrected chi connectivity index (χ0v) is 14.0. The second-order valence-corrected chi connectivity index (χ2v) is 6.45. The first-order valence-electron chi connectivity index (χ1n) is 8.22. The summed E-state index contributed by atoms with van der Waals surface area (Å²) in [5.41, 5.74) is -0.845. The van der Waals surface area contributed by atoms with E-state index in [9.17, 15) is 9.59 Å². The summed E-state index contributed by atoms with van der Waals surface area (Å²) >= 11 is 0. The summed E-state index contributed by atoms with van der Waals surface area (Å²) in [5.74, 6) is 0.0851. The molecule has 0 saturated carbocycles. The lowest BCUT2D eigenvalue weighted by atomic mass is 9.93. The third-order valence-corrected chi connectivity index (χ3v) is 4.56. The van der Waals surface area contributed by atoms with Crippen molar-refractivity contribution >= 4 is 11.8 Å². The van der Waals surface area contributed by atoms with Crippen molar-refractivity contribution in [3.63, 3.8) is 0 Å². The Hall–Kier alpha value is -1.14. The molecule has 2 rings (SSSR count). The normalized spacial score (nSPS) is 26.6. The van der Waals surface area contributed by atoms with Gasteiger partial charge in [0.25, 0.3) is 5.91 Å². The summed E-state index contributed by atoms with van der Waals surface area (Å²) in [6, 6.07) is 0.158. The Morgan fingerprint density at radius 1 is 1.36 bits per heavy atom. The average Bonchev–Trinajstić information content (AvgIpc) is 2.65. The molecule has 2 amide bonds. The van der Waals surface area contributed by atoms with Gasteiger partial charge in [0.1, 0.15) is 0 Å². The van der Waals surface area contributed by atoms with Crippen LogP contribution in [-0.2, 0) is 19.1 Å². The maximum Gasteiger partial charge on any atom is 0.256 e. The van der Waals surface area contributed by atoms with E-state index >= 15 is 0 Å². The molecular formula is C16H28N2O4. The molecule has 1 unspecified atom stereocenters. The van der Waals surface area contributed by atoms with Crippen molar-refractivity contribution < 1.29 is 19.1 Å². The molecule has 6 heteroatoms. The largest absolute Gasteiger partial charge is 0.384 e. The van der Waals surface area contributed by atoms with Gasteiger partial charge in [-0.15, -0.1) is 0 Å². The van der Waals surface area contributed by atoms with Gasteiger partial charge in [-0.25, -0.2) is 0 Å². The molecule has 22 heavy (non-hydrogen) atoms. The topological polar surface area (TPSA) is 59.1 Å². The lowest BCUT2D eigenvalue weighted by Gasteiger charge is -2.43. The Morgan fingerprint density at radius 3 is 2.82 bits per heavy atom. The van der Waals surface area contributed by atoms with E-state index in [-0.39, 0.29) is 17.9 Å². The van der Waals surface area contributed by atoms with Gasteiger partial charge in [0.2, 0.25) is 5.91 Å². The fourth-order valence-corrected chi connectivity index (χ4v) is 3.28. The second-order valence-electron chi connectivity index (χ2n) is 6.45. The van der Waals surface area contributed by atoms with Gasteiger partial charge in [0.05, 0.1) is 26.2 Å². The van der Waals surface area contributed by atoms with E-state index in [0.717, 1.165) is 19.4 Å². The predicted octanol–water partition coefficient (Wildman–Crippen LogP) is 1.04. The van der Waals surface area contributed by atoms with Gasteiger partial charge >= 0.3 is 0 Å². The third kappa shape index (κ3) is 3.60. The molecule has 0 aromatic heterocycles. The van der Waals surface area contributed by atoms with Crippen LogP contribution in [-0.4, -0.2) is 73.2 Å². The molecule has 1 atom stereocenters. The lowest BCUT2D eigenvalue weighted by Crippen LogP contribution is -2.61. The van der Waals surface area contributed by atoms with E-state index in [2.05, 4.69) is 0 Å². The molecule has 1 spiro atoms. The first-order chi connectivity index (χ1) is 10.5.